The zero-order valence-electron chi connectivity index (χ0n) is 10.8. The Bertz CT molecular complexity index is 619. The van der Waals surface area contributed by atoms with Crippen molar-refractivity contribution in [3.05, 3.63) is 58.1 Å². The average molecular weight is 335 g/mol. The van der Waals surface area contributed by atoms with Gasteiger partial charge in [0.1, 0.15) is 13.2 Å². The van der Waals surface area contributed by atoms with Crippen LogP contribution >= 0.6 is 15.9 Å². The summed E-state index contributed by atoms with van der Waals surface area (Å²) in [6.07, 6.45) is 0. The summed E-state index contributed by atoms with van der Waals surface area (Å²) in [5.74, 6) is 7.28. The van der Waals surface area contributed by atoms with Gasteiger partial charge in [0.2, 0.25) is 0 Å². The third kappa shape index (κ3) is 2.52. The van der Waals surface area contributed by atoms with Crippen LogP contribution in [0.15, 0.2) is 46.9 Å². The van der Waals surface area contributed by atoms with Gasteiger partial charge in [-0.3, -0.25) is 5.84 Å². The second-order valence-electron chi connectivity index (χ2n) is 4.52. The van der Waals surface area contributed by atoms with E-state index in [1.54, 1.807) is 0 Å². The third-order valence-corrected chi connectivity index (χ3v) is 4.00. The summed E-state index contributed by atoms with van der Waals surface area (Å²) >= 11 is 3.56. The first-order valence-corrected chi connectivity index (χ1v) is 7.19. The van der Waals surface area contributed by atoms with E-state index in [1.165, 1.54) is 0 Å². The van der Waals surface area contributed by atoms with E-state index in [0.29, 0.717) is 13.2 Å². The molecule has 1 aliphatic rings. The minimum atomic E-state index is -0.110. The number of nitrogens with one attached hydrogen (secondary N) is 1. The molecule has 5 heteroatoms. The van der Waals surface area contributed by atoms with Gasteiger partial charge in [-0.2, -0.15) is 0 Å². The molecule has 3 rings (SSSR count). The van der Waals surface area contributed by atoms with Crippen molar-refractivity contribution in [2.24, 2.45) is 5.84 Å². The number of hydrogen-bond acceptors (Lipinski definition) is 4. The maximum Gasteiger partial charge on any atom is 0.161 e. The van der Waals surface area contributed by atoms with Crippen LogP contribution in [0.1, 0.15) is 17.2 Å². The molecule has 4 nitrogen and oxygen atoms in total. The lowest BCUT2D eigenvalue weighted by molar-refractivity contribution is 0.171. The van der Waals surface area contributed by atoms with Crippen LogP contribution in [-0.2, 0) is 0 Å². The predicted molar refractivity (Wildman–Crippen MR) is 80.7 cm³/mol. The molecule has 0 aliphatic carbocycles. The molecular formula is C15H15BrN2O2. The lowest BCUT2D eigenvalue weighted by Crippen LogP contribution is -2.29. The third-order valence-electron chi connectivity index (χ3n) is 3.28. The van der Waals surface area contributed by atoms with Crippen LogP contribution in [0.4, 0.5) is 0 Å². The number of ether oxygens (including phenoxy) is 2. The number of fused-ring (bicyclic) bond motifs is 1. The molecule has 1 atom stereocenters. The molecule has 3 N–H and O–H groups in total. The van der Waals surface area contributed by atoms with Gasteiger partial charge in [-0.25, -0.2) is 5.43 Å². The van der Waals surface area contributed by atoms with Crippen molar-refractivity contribution in [2.45, 2.75) is 6.04 Å². The molecule has 2 aromatic carbocycles. The summed E-state index contributed by atoms with van der Waals surface area (Å²) in [4.78, 5) is 0. The van der Waals surface area contributed by atoms with Crippen molar-refractivity contribution in [2.75, 3.05) is 13.2 Å². The second kappa shape index (κ2) is 5.83. The molecule has 1 heterocycles. The van der Waals surface area contributed by atoms with E-state index >= 15 is 0 Å². The fourth-order valence-electron chi connectivity index (χ4n) is 2.31. The Morgan fingerprint density at radius 1 is 1.05 bits per heavy atom. The smallest absolute Gasteiger partial charge is 0.161 e. The second-order valence-corrected chi connectivity index (χ2v) is 5.38. The summed E-state index contributed by atoms with van der Waals surface area (Å²) in [6, 6.07) is 13.8. The lowest BCUT2D eigenvalue weighted by atomic mass is 9.99. The molecule has 1 unspecified atom stereocenters. The van der Waals surface area contributed by atoms with Crippen LogP contribution in [0.5, 0.6) is 11.5 Å². The first-order chi connectivity index (χ1) is 9.79. The molecule has 0 saturated heterocycles. The molecular weight excluding hydrogens is 320 g/mol. The van der Waals surface area contributed by atoms with E-state index in [2.05, 4.69) is 21.4 Å². The highest BCUT2D eigenvalue weighted by atomic mass is 79.9. The van der Waals surface area contributed by atoms with E-state index in [4.69, 9.17) is 15.3 Å². The summed E-state index contributed by atoms with van der Waals surface area (Å²) < 4.78 is 12.2. The summed E-state index contributed by atoms with van der Waals surface area (Å²) in [5, 5.41) is 0. The largest absolute Gasteiger partial charge is 0.486 e. The zero-order chi connectivity index (χ0) is 13.9. The standard InChI is InChI=1S/C15H15BrN2O2/c16-12-4-2-1-3-11(12)15(18-17)10-5-6-13-14(9-10)20-8-7-19-13/h1-6,9,15,18H,7-8,17H2. The van der Waals surface area contributed by atoms with Crippen LogP contribution in [-0.4, -0.2) is 13.2 Å². The average Bonchev–Trinajstić information content (AvgIpc) is 2.50. The molecule has 20 heavy (non-hydrogen) atoms. The van der Waals surface area contributed by atoms with Crippen LogP contribution < -0.4 is 20.7 Å². The molecule has 104 valence electrons. The molecule has 1 aliphatic heterocycles. The minimum absolute atomic E-state index is 0.110. The van der Waals surface area contributed by atoms with E-state index in [0.717, 1.165) is 27.1 Å². The summed E-state index contributed by atoms with van der Waals surface area (Å²) in [5.41, 5.74) is 4.96. The van der Waals surface area contributed by atoms with Gasteiger partial charge in [-0.05, 0) is 29.3 Å². The van der Waals surface area contributed by atoms with Gasteiger partial charge >= 0.3 is 0 Å². The Kier molecular flexibility index (Phi) is 3.91. The summed E-state index contributed by atoms with van der Waals surface area (Å²) in [7, 11) is 0. The number of nitrogens with two attached hydrogens (primary N) is 1. The monoisotopic (exact) mass is 334 g/mol. The van der Waals surface area contributed by atoms with Gasteiger partial charge < -0.3 is 9.47 Å². The van der Waals surface area contributed by atoms with Gasteiger partial charge in [-0.15, -0.1) is 0 Å². The van der Waals surface area contributed by atoms with Crippen LogP contribution in [0.3, 0.4) is 0 Å². The van der Waals surface area contributed by atoms with Gasteiger partial charge in [0.05, 0.1) is 6.04 Å². The van der Waals surface area contributed by atoms with Gasteiger partial charge in [0.25, 0.3) is 0 Å². The maximum atomic E-state index is 5.74. The Hall–Kier alpha value is -1.56. The minimum Gasteiger partial charge on any atom is -0.486 e. The number of rotatable bonds is 3. The maximum absolute atomic E-state index is 5.74. The Morgan fingerprint density at radius 2 is 1.80 bits per heavy atom. The quantitative estimate of drug-likeness (QED) is 0.669. The first kappa shape index (κ1) is 13.4. The SMILES string of the molecule is NNC(c1ccc2c(c1)OCCO2)c1ccccc1Br. The number of hydrazine groups is 1. The highest BCUT2D eigenvalue weighted by Gasteiger charge is 2.19. The van der Waals surface area contributed by atoms with E-state index in [9.17, 15) is 0 Å². The van der Waals surface area contributed by atoms with Crippen LogP contribution in [0.2, 0.25) is 0 Å². The highest BCUT2D eigenvalue weighted by Crippen LogP contribution is 2.35. The molecule has 0 aromatic heterocycles. The Labute approximate surface area is 126 Å². The molecule has 0 spiro atoms. The number of benzene rings is 2. The zero-order valence-corrected chi connectivity index (χ0v) is 12.4. The van der Waals surface area contributed by atoms with Crippen molar-refractivity contribution in [3.8, 4) is 11.5 Å². The normalized spacial score (nSPS) is 14.9. The van der Waals surface area contributed by atoms with Gasteiger partial charge in [-0.1, -0.05) is 40.2 Å². The van der Waals surface area contributed by atoms with E-state index in [-0.39, 0.29) is 6.04 Å². The fourth-order valence-corrected chi connectivity index (χ4v) is 2.83. The van der Waals surface area contributed by atoms with Crippen LogP contribution in [0, 0.1) is 0 Å². The Morgan fingerprint density at radius 3 is 2.55 bits per heavy atom. The topological polar surface area (TPSA) is 56.5 Å². The van der Waals surface area contributed by atoms with Crippen molar-refractivity contribution in [1.82, 2.24) is 5.43 Å². The van der Waals surface area contributed by atoms with E-state index in [1.807, 2.05) is 42.5 Å². The molecule has 0 saturated carbocycles. The molecule has 2 aromatic rings. The van der Waals surface area contributed by atoms with Crippen molar-refractivity contribution in [1.29, 1.82) is 0 Å². The molecule has 0 bridgehead atoms. The molecule has 0 radical (unpaired) electrons. The highest BCUT2D eigenvalue weighted by molar-refractivity contribution is 9.10. The van der Waals surface area contributed by atoms with Gasteiger partial charge in [0.15, 0.2) is 11.5 Å². The number of hydrogen-bond donors (Lipinski definition) is 2. The van der Waals surface area contributed by atoms with E-state index < -0.39 is 0 Å². The first-order valence-electron chi connectivity index (χ1n) is 6.39. The lowest BCUT2D eigenvalue weighted by Gasteiger charge is -2.22. The van der Waals surface area contributed by atoms with Crippen molar-refractivity contribution < 1.29 is 9.47 Å². The van der Waals surface area contributed by atoms with Crippen molar-refractivity contribution >= 4 is 15.9 Å². The van der Waals surface area contributed by atoms with Gasteiger partial charge in [0, 0.05) is 4.47 Å². The Balaban J connectivity index is 1.99. The molecule has 0 fully saturated rings. The fraction of sp³-hybridized carbons (Fsp3) is 0.200. The number of halogens is 1. The molecule has 0 amide bonds. The van der Waals surface area contributed by atoms with Crippen molar-refractivity contribution in [3.63, 3.8) is 0 Å². The van der Waals surface area contributed by atoms with Crippen LogP contribution in [0.25, 0.3) is 0 Å². The predicted octanol–water partition coefficient (Wildman–Crippen LogP) is 2.77. The summed E-state index contributed by atoms with van der Waals surface area (Å²) in [6.45, 7) is 1.17.